The second kappa shape index (κ2) is 5.76. The van der Waals surface area contributed by atoms with Crippen molar-refractivity contribution >= 4 is 11.7 Å². The Kier molecular flexibility index (Phi) is 3.95. The molecule has 0 bridgehead atoms. The van der Waals surface area contributed by atoms with Crippen molar-refractivity contribution in [2.75, 3.05) is 31.6 Å². The molecule has 2 fully saturated rings. The molecule has 0 unspecified atom stereocenters. The molecule has 120 valence electrons. The highest BCUT2D eigenvalue weighted by Gasteiger charge is 2.50. The number of aliphatic hydroxyl groups is 1. The van der Waals surface area contributed by atoms with Crippen molar-refractivity contribution < 1.29 is 14.6 Å². The third-order valence-corrected chi connectivity index (χ3v) is 4.82. The number of methoxy groups -OCH3 is 1. The van der Waals surface area contributed by atoms with E-state index in [4.69, 9.17) is 4.74 Å². The highest BCUT2D eigenvalue weighted by Crippen LogP contribution is 2.40. The summed E-state index contributed by atoms with van der Waals surface area (Å²) in [5.41, 5.74) is 0.177. The smallest absolute Gasteiger partial charge is 0.230 e. The Hall–Kier alpha value is -1.82. The van der Waals surface area contributed by atoms with Crippen LogP contribution in [0.1, 0.15) is 25.0 Å². The number of carbonyl (C=O) groups is 1. The molecule has 3 rings (SSSR count). The summed E-state index contributed by atoms with van der Waals surface area (Å²) in [4.78, 5) is 19.1. The van der Waals surface area contributed by atoms with E-state index in [1.807, 2.05) is 19.1 Å². The third kappa shape index (κ3) is 2.41. The Labute approximate surface area is 130 Å². The van der Waals surface area contributed by atoms with E-state index in [0.29, 0.717) is 38.2 Å². The molecule has 1 aromatic heterocycles. The van der Waals surface area contributed by atoms with Crippen molar-refractivity contribution in [2.24, 2.45) is 5.41 Å². The van der Waals surface area contributed by atoms with Crippen LogP contribution >= 0.6 is 0 Å². The van der Waals surface area contributed by atoms with Crippen LogP contribution in [0.4, 0.5) is 5.82 Å². The fraction of sp³-hybridized carbons (Fsp3) is 0.625. The normalized spacial score (nSPS) is 28.6. The zero-order valence-electron chi connectivity index (χ0n) is 13.1. The number of nitrogens with one attached hydrogen (secondary N) is 1. The summed E-state index contributed by atoms with van der Waals surface area (Å²) in [7, 11) is 1.62. The number of aliphatic hydroxyl groups excluding tert-OH is 1. The number of aromatic nitrogens is 1. The molecule has 2 atom stereocenters. The maximum absolute atomic E-state index is 12.4. The van der Waals surface area contributed by atoms with Gasteiger partial charge in [0.15, 0.2) is 11.6 Å². The van der Waals surface area contributed by atoms with Crippen LogP contribution in [0.15, 0.2) is 12.1 Å². The molecule has 0 saturated carbocycles. The lowest BCUT2D eigenvalue weighted by atomic mass is 9.71. The van der Waals surface area contributed by atoms with Crippen molar-refractivity contribution in [1.82, 2.24) is 10.3 Å². The Morgan fingerprint density at radius 2 is 2.32 bits per heavy atom. The fourth-order valence-corrected chi connectivity index (χ4v) is 3.54. The summed E-state index contributed by atoms with van der Waals surface area (Å²) in [5.74, 6) is 1.42. The average molecular weight is 305 g/mol. The molecule has 0 aliphatic carbocycles. The molecule has 2 saturated heterocycles. The van der Waals surface area contributed by atoms with E-state index >= 15 is 0 Å². The number of pyridine rings is 1. The van der Waals surface area contributed by atoms with Gasteiger partial charge >= 0.3 is 0 Å². The van der Waals surface area contributed by atoms with Gasteiger partial charge in [-0.2, -0.15) is 0 Å². The van der Waals surface area contributed by atoms with Crippen molar-refractivity contribution in [1.29, 1.82) is 0 Å². The van der Waals surface area contributed by atoms with Gasteiger partial charge in [-0.1, -0.05) is 0 Å². The highest BCUT2D eigenvalue weighted by atomic mass is 16.5. The van der Waals surface area contributed by atoms with Crippen molar-refractivity contribution in [3.8, 4) is 5.75 Å². The number of amides is 1. The maximum Gasteiger partial charge on any atom is 0.230 e. The van der Waals surface area contributed by atoms with Crippen LogP contribution in [0, 0.1) is 12.3 Å². The number of aryl methyl sites for hydroxylation is 1. The standard InChI is InChI=1S/C16H23N3O3/c1-11-4-5-12(22-2)14(18-11)19-9-6-13(20)16(10-19)7-3-8-17-15(16)21/h4-5,13,20H,3,6-10H2,1-2H3,(H,17,21)/t13-,16+/m0/s1. The molecule has 2 aliphatic rings. The molecule has 6 nitrogen and oxygen atoms in total. The summed E-state index contributed by atoms with van der Waals surface area (Å²) < 4.78 is 5.42. The number of hydrogen-bond donors (Lipinski definition) is 2. The van der Waals surface area contributed by atoms with Gasteiger partial charge in [0.1, 0.15) is 0 Å². The average Bonchev–Trinajstić information content (AvgIpc) is 2.52. The SMILES string of the molecule is COc1ccc(C)nc1N1CC[C@H](O)[C@@]2(CCCNC2=O)C1. The topological polar surface area (TPSA) is 74.7 Å². The van der Waals surface area contributed by atoms with Gasteiger partial charge in [-0.3, -0.25) is 4.79 Å². The van der Waals surface area contributed by atoms with Gasteiger partial charge in [0.25, 0.3) is 0 Å². The summed E-state index contributed by atoms with van der Waals surface area (Å²) in [5, 5.41) is 13.4. The first kappa shape index (κ1) is 15.1. The number of nitrogens with zero attached hydrogens (tertiary/aromatic N) is 2. The molecule has 2 aliphatic heterocycles. The molecular formula is C16H23N3O3. The molecule has 2 N–H and O–H groups in total. The van der Waals surface area contributed by atoms with Crippen LogP contribution in [-0.2, 0) is 4.79 Å². The van der Waals surface area contributed by atoms with Crippen molar-refractivity contribution in [3.05, 3.63) is 17.8 Å². The number of carbonyl (C=O) groups excluding carboxylic acids is 1. The number of ether oxygens (including phenoxy) is 1. The van der Waals surface area contributed by atoms with Crippen LogP contribution in [0.25, 0.3) is 0 Å². The number of piperidine rings is 2. The lowest BCUT2D eigenvalue weighted by molar-refractivity contribution is -0.142. The van der Waals surface area contributed by atoms with Gasteiger partial charge in [0.2, 0.25) is 5.91 Å². The minimum atomic E-state index is -0.729. The number of rotatable bonds is 2. The van der Waals surface area contributed by atoms with Crippen LogP contribution in [0.5, 0.6) is 5.75 Å². The highest BCUT2D eigenvalue weighted by molar-refractivity contribution is 5.85. The number of anilines is 1. The quantitative estimate of drug-likeness (QED) is 0.848. The molecule has 1 amide bonds. The second-order valence-electron chi connectivity index (χ2n) is 6.22. The fourth-order valence-electron chi connectivity index (χ4n) is 3.54. The monoisotopic (exact) mass is 305 g/mol. The molecule has 0 aromatic carbocycles. The first-order chi connectivity index (χ1) is 10.6. The molecule has 22 heavy (non-hydrogen) atoms. The molecular weight excluding hydrogens is 282 g/mol. The van der Waals surface area contributed by atoms with Gasteiger partial charge in [0.05, 0.1) is 18.6 Å². The van der Waals surface area contributed by atoms with E-state index in [1.54, 1.807) is 7.11 Å². The van der Waals surface area contributed by atoms with E-state index < -0.39 is 11.5 Å². The lowest BCUT2D eigenvalue weighted by Gasteiger charge is -2.47. The van der Waals surface area contributed by atoms with E-state index in [9.17, 15) is 9.90 Å². The second-order valence-corrected chi connectivity index (χ2v) is 6.22. The molecule has 1 aromatic rings. The predicted octanol–water partition coefficient (Wildman–Crippen LogP) is 0.866. The minimum absolute atomic E-state index is 0.0393. The van der Waals surface area contributed by atoms with Crippen LogP contribution in [0.3, 0.4) is 0 Å². The molecule has 1 spiro atoms. The van der Waals surface area contributed by atoms with Crippen molar-refractivity contribution in [3.63, 3.8) is 0 Å². The van der Waals surface area contributed by atoms with Gasteiger partial charge in [0, 0.05) is 25.3 Å². The first-order valence-corrected chi connectivity index (χ1v) is 7.80. The Morgan fingerprint density at radius 1 is 1.50 bits per heavy atom. The van der Waals surface area contributed by atoms with E-state index in [2.05, 4.69) is 15.2 Å². The first-order valence-electron chi connectivity index (χ1n) is 7.80. The summed E-state index contributed by atoms with van der Waals surface area (Å²) >= 11 is 0. The molecule has 6 heteroatoms. The van der Waals surface area contributed by atoms with Crippen LogP contribution in [0.2, 0.25) is 0 Å². The molecule has 0 radical (unpaired) electrons. The Balaban J connectivity index is 1.93. The van der Waals surface area contributed by atoms with Gasteiger partial charge < -0.3 is 20.1 Å². The zero-order valence-corrected chi connectivity index (χ0v) is 13.1. The van der Waals surface area contributed by atoms with E-state index in [0.717, 1.165) is 17.9 Å². The zero-order chi connectivity index (χ0) is 15.7. The Morgan fingerprint density at radius 3 is 3.05 bits per heavy atom. The van der Waals surface area contributed by atoms with E-state index in [1.165, 1.54) is 0 Å². The predicted molar refractivity (Wildman–Crippen MR) is 83.0 cm³/mol. The number of hydrogen-bond acceptors (Lipinski definition) is 5. The molecule has 3 heterocycles. The van der Waals surface area contributed by atoms with E-state index in [-0.39, 0.29) is 5.91 Å². The van der Waals surface area contributed by atoms with Gasteiger partial charge in [-0.15, -0.1) is 0 Å². The van der Waals surface area contributed by atoms with Gasteiger partial charge in [-0.05, 0) is 38.3 Å². The Bertz CT molecular complexity index is 578. The van der Waals surface area contributed by atoms with Crippen molar-refractivity contribution in [2.45, 2.75) is 32.3 Å². The lowest BCUT2D eigenvalue weighted by Crippen LogP contribution is -2.61. The summed E-state index contributed by atoms with van der Waals surface area (Å²) in [6.07, 6.45) is 1.58. The van der Waals surface area contributed by atoms with Gasteiger partial charge in [-0.25, -0.2) is 4.98 Å². The van der Waals surface area contributed by atoms with Crippen LogP contribution < -0.4 is 15.0 Å². The minimum Gasteiger partial charge on any atom is -0.493 e. The maximum atomic E-state index is 12.4. The summed E-state index contributed by atoms with van der Waals surface area (Å²) in [6, 6.07) is 3.81. The third-order valence-electron chi connectivity index (χ3n) is 4.82. The largest absolute Gasteiger partial charge is 0.493 e. The van der Waals surface area contributed by atoms with Crippen LogP contribution in [-0.4, -0.2) is 48.8 Å². The summed E-state index contributed by atoms with van der Waals surface area (Å²) in [6.45, 7) is 3.78.